The maximum atomic E-state index is 14.2. The molecule has 0 aliphatic heterocycles. The summed E-state index contributed by atoms with van der Waals surface area (Å²) in [6.07, 6.45) is 0. The van der Waals surface area contributed by atoms with Gasteiger partial charge in [-0.3, -0.25) is 4.79 Å². The summed E-state index contributed by atoms with van der Waals surface area (Å²) < 4.78 is 14.2. The third kappa shape index (κ3) is 5.06. The van der Waals surface area contributed by atoms with Gasteiger partial charge in [-0.2, -0.15) is 0 Å². The van der Waals surface area contributed by atoms with Gasteiger partial charge in [0.1, 0.15) is 5.82 Å². The van der Waals surface area contributed by atoms with Crippen LogP contribution in [0.2, 0.25) is 5.02 Å². The fourth-order valence-corrected chi connectivity index (χ4v) is 3.12. The number of urea groups is 1. The quantitative estimate of drug-likeness (QED) is 0.553. The molecule has 8 heteroatoms. The molecule has 0 aliphatic carbocycles. The Kier molecular flexibility index (Phi) is 6.05. The summed E-state index contributed by atoms with van der Waals surface area (Å²) in [5, 5.41) is 10.2. The molecule has 0 atom stereocenters. The number of carbonyl (C=O) groups excluding carboxylic acids is 2. The first-order chi connectivity index (χ1) is 13.0. The summed E-state index contributed by atoms with van der Waals surface area (Å²) >= 11 is 7.29. The van der Waals surface area contributed by atoms with E-state index in [0.29, 0.717) is 10.7 Å². The Bertz CT molecular complexity index is 946. The van der Waals surface area contributed by atoms with Crippen LogP contribution >= 0.6 is 22.9 Å². The monoisotopic (exact) mass is 403 g/mol. The highest BCUT2D eigenvalue weighted by atomic mass is 35.5. The normalized spacial score (nSPS) is 10.3. The number of rotatable bonds is 5. The van der Waals surface area contributed by atoms with Gasteiger partial charge in [-0.1, -0.05) is 23.7 Å². The topological polar surface area (TPSA) is 70.2 Å². The summed E-state index contributed by atoms with van der Waals surface area (Å²) in [6.45, 7) is 0.279. The van der Waals surface area contributed by atoms with Crippen molar-refractivity contribution in [2.75, 3.05) is 10.6 Å². The summed E-state index contributed by atoms with van der Waals surface area (Å²) in [5.74, 6) is -1.33. The van der Waals surface area contributed by atoms with Gasteiger partial charge in [0, 0.05) is 15.6 Å². The molecule has 1 aromatic heterocycles. The van der Waals surface area contributed by atoms with Gasteiger partial charge in [0.25, 0.3) is 5.91 Å². The second kappa shape index (κ2) is 8.66. The number of amides is 3. The van der Waals surface area contributed by atoms with E-state index in [-0.39, 0.29) is 17.8 Å². The molecule has 0 radical (unpaired) electrons. The molecular weight excluding hydrogens is 389 g/mol. The first-order valence-corrected chi connectivity index (χ1v) is 9.21. The fourth-order valence-electron chi connectivity index (χ4n) is 2.35. The predicted molar refractivity (Wildman–Crippen MR) is 106 cm³/mol. The molecule has 0 aliphatic rings. The van der Waals surface area contributed by atoms with E-state index in [2.05, 4.69) is 16.0 Å². The first kappa shape index (κ1) is 18.9. The van der Waals surface area contributed by atoms with Crippen molar-refractivity contribution in [1.82, 2.24) is 5.32 Å². The fraction of sp³-hybridized carbons (Fsp3) is 0.0526. The van der Waals surface area contributed by atoms with E-state index in [4.69, 9.17) is 11.6 Å². The first-order valence-electron chi connectivity index (χ1n) is 7.95. The summed E-state index contributed by atoms with van der Waals surface area (Å²) in [7, 11) is 0. The number of anilines is 2. The molecule has 2 aromatic carbocycles. The molecule has 3 N–H and O–H groups in total. The zero-order chi connectivity index (χ0) is 19.2. The third-order valence-corrected chi connectivity index (χ3v) is 4.72. The molecule has 0 bridgehead atoms. The number of nitrogens with one attached hydrogen (secondary N) is 3. The minimum absolute atomic E-state index is 0.0742. The lowest BCUT2D eigenvalue weighted by molar-refractivity contribution is 0.0948. The second-order valence-electron chi connectivity index (χ2n) is 5.51. The van der Waals surface area contributed by atoms with Crippen molar-refractivity contribution < 1.29 is 14.0 Å². The van der Waals surface area contributed by atoms with Crippen LogP contribution in [0.4, 0.5) is 20.6 Å². The highest BCUT2D eigenvalue weighted by molar-refractivity contribution is 7.09. The molecule has 138 valence electrons. The molecule has 3 aromatic rings. The zero-order valence-electron chi connectivity index (χ0n) is 14.0. The molecule has 5 nitrogen and oxygen atoms in total. The van der Waals surface area contributed by atoms with E-state index < -0.39 is 17.8 Å². The highest BCUT2D eigenvalue weighted by Gasteiger charge is 2.18. The van der Waals surface area contributed by atoms with E-state index in [0.717, 1.165) is 4.88 Å². The van der Waals surface area contributed by atoms with E-state index in [1.165, 1.54) is 29.5 Å². The number of benzene rings is 2. The number of hydrogen-bond acceptors (Lipinski definition) is 3. The van der Waals surface area contributed by atoms with Crippen LogP contribution in [0, 0.1) is 5.82 Å². The van der Waals surface area contributed by atoms with Gasteiger partial charge in [0.15, 0.2) is 0 Å². The van der Waals surface area contributed by atoms with Gasteiger partial charge in [-0.05, 0) is 47.8 Å². The van der Waals surface area contributed by atoms with Gasteiger partial charge >= 0.3 is 6.03 Å². The van der Waals surface area contributed by atoms with Crippen molar-refractivity contribution in [3.05, 3.63) is 81.3 Å². The maximum Gasteiger partial charge on any atom is 0.323 e. The largest absolute Gasteiger partial charge is 0.347 e. The minimum atomic E-state index is -0.719. The van der Waals surface area contributed by atoms with Crippen LogP contribution in [-0.4, -0.2) is 11.9 Å². The summed E-state index contributed by atoms with van der Waals surface area (Å²) in [4.78, 5) is 25.6. The van der Waals surface area contributed by atoms with Gasteiger partial charge in [-0.15, -0.1) is 11.3 Å². The number of carbonyl (C=O) groups is 2. The lowest BCUT2D eigenvalue weighted by Gasteiger charge is -2.13. The van der Waals surface area contributed by atoms with Crippen LogP contribution in [0.15, 0.2) is 60.0 Å². The summed E-state index contributed by atoms with van der Waals surface area (Å²) in [5.41, 5.74) is 0.363. The van der Waals surface area contributed by atoms with Gasteiger partial charge < -0.3 is 16.0 Å². The number of thiophene rings is 1. The average molecular weight is 404 g/mol. The molecule has 27 heavy (non-hydrogen) atoms. The predicted octanol–water partition coefficient (Wildman–Crippen LogP) is 5.11. The Labute approximate surface area is 164 Å². The summed E-state index contributed by atoms with van der Waals surface area (Å²) in [6, 6.07) is 13.7. The zero-order valence-corrected chi connectivity index (χ0v) is 15.5. The van der Waals surface area contributed by atoms with Crippen LogP contribution in [0.1, 0.15) is 15.2 Å². The van der Waals surface area contributed by atoms with Crippen LogP contribution in [0.3, 0.4) is 0 Å². The lowest BCUT2D eigenvalue weighted by Crippen LogP contribution is -2.27. The minimum Gasteiger partial charge on any atom is -0.347 e. The molecule has 1 heterocycles. The molecule has 0 unspecified atom stereocenters. The highest BCUT2D eigenvalue weighted by Crippen LogP contribution is 2.20. The van der Waals surface area contributed by atoms with Crippen LogP contribution in [-0.2, 0) is 6.54 Å². The van der Waals surface area contributed by atoms with Gasteiger partial charge in [-0.25, -0.2) is 9.18 Å². The molecule has 3 rings (SSSR count). The van der Waals surface area contributed by atoms with Crippen molar-refractivity contribution in [1.29, 1.82) is 0 Å². The van der Waals surface area contributed by atoms with Crippen LogP contribution < -0.4 is 16.0 Å². The Hall–Kier alpha value is -2.90. The van der Waals surface area contributed by atoms with Crippen molar-refractivity contribution in [2.45, 2.75) is 6.54 Å². The molecule has 0 spiro atoms. The SMILES string of the molecule is O=C(Nc1ccc(Cl)cc1)Nc1cccc(F)c1C(=O)NCc1cccs1. The Morgan fingerprint density at radius 1 is 1.00 bits per heavy atom. The molecular formula is C19H15ClFN3O2S. The van der Waals surface area contributed by atoms with E-state index in [1.54, 1.807) is 24.3 Å². The van der Waals surface area contributed by atoms with Crippen LogP contribution in [0.25, 0.3) is 0 Å². The third-order valence-electron chi connectivity index (χ3n) is 3.59. The van der Waals surface area contributed by atoms with Gasteiger partial charge in [0.2, 0.25) is 0 Å². The molecule has 0 saturated heterocycles. The van der Waals surface area contributed by atoms with Crippen LogP contribution in [0.5, 0.6) is 0 Å². The smallest absolute Gasteiger partial charge is 0.323 e. The standard InChI is InChI=1S/C19H15ClFN3O2S/c20-12-6-8-13(9-7-12)23-19(26)24-16-5-1-4-15(21)17(16)18(25)22-11-14-3-2-10-27-14/h1-10H,11H2,(H,22,25)(H2,23,24,26). The van der Waals surface area contributed by atoms with E-state index in [1.807, 2.05) is 17.5 Å². The Morgan fingerprint density at radius 2 is 1.78 bits per heavy atom. The molecule has 0 saturated carbocycles. The average Bonchev–Trinajstić information content (AvgIpc) is 3.15. The maximum absolute atomic E-state index is 14.2. The van der Waals surface area contributed by atoms with Crippen molar-refractivity contribution in [3.63, 3.8) is 0 Å². The second-order valence-corrected chi connectivity index (χ2v) is 6.98. The van der Waals surface area contributed by atoms with Gasteiger partial charge in [0.05, 0.1) is 17.8 Å². The van der Waals surface area contributed by atoms with Crippen molar-refractivity contribution in [2.24, 2.45) is 0 Å². The van der Waals surface area contributed by atoms with E-state index in [9.17, 15) is 14.0 Å². The Balaban J connectivity index is 1.71. The molecule has 0 fully saturated rings. The van der Waals surface area contributed by atoms with Crippen molar-refractivity contribution in [3.8, 4) is 0 Å². The van der Waals surface area contributed by atoms with Crippen molar-refractivity contribution >= 4 is 46.3 Å². The molecule has 3 amide bonds. The lowest BCUT2D eigenvalue weighted by atomic mass is 10.1. The number of hydrogen-bond donors (Lipinski definition) is 3. The Morgan fingerprint density at radius 3 is 2.48 bits per heavy atom. The van der Waals surface area contributed by atoms with E-state index >= 15 is 0 Å². The number of halogens is 2.